The number of carbonyl (C=O) groups is 1. The number of carboxylic acids is 1. The van der Waals surface area contributed by atoms with E-state index in [4.69, 9.17) is 14.4 Å². The van der Waals surface area contributed by atoms with Gasteiger partial charge in [-0.25, -0.2) is 0 Å². The fourth-order valence-corrected chi connectivity index (χ4v) is 2.42. The smallest absolute Gasteiger partial charge is 0.460 e. The third-order valence-corrected chi connectivity index (χ3v) is 3.68. The quantitative estimate of drug-likeness (QED) is 0.731. The van der Waals surface area contributed by atoms with Crippen LogP contribution in [0.5, 0.6) is 0 Å². The van der Waals surface area contributed by atoms with Crippen LogP contribution < -0.4 is 0 Å². The SMILES string of the molecule is CC1(C(=O)O)COB(C2CCCCC2)OC1. The van der Waals surface area contributed by atoms with Crippen LogP contribution in [0, 0.1) is 5.41 Å². The lowest BCUT2D eigenvalue weighted by atomic mass is 9.63. The number of hydrogen-bond donors (Lipinski definition) is 1. The molecule has 0 aromatic rings. The van der Waals surface area contributed by atoms with E-state index in [1.165, 1.54) is 19.3 Å². The maximum atomic E-state index is 11.0. The summed E-state index contributed by atoms with van der Waals surface area (Å²) in [5, 5.41) is 9.03. The van der Waals surface area contributed by atoms with Crippen molar-refractivity contribution in [1.29, 1.82) is 0 Å². The molecule has 1 heterocycles. The van der Waals surface area contributed by atoms with Gasteiger partial charge in [0.2, 0.25) is 0 Å². The summed E-state index contributed by atoms with van der Waals surface area (Å²) < 4.78 is 11.2. The van der Waals surface area contributed by atoms with Gasteiger partial charge in [0.1, 0.15) is 5.41 Å². The third-order valence-electron chi connectivity index (χ3n) is 3.68. The molecule has 0 aromatic heterocycles. The monoisotopic (exact) mass is 226 g/mol. The van der Waals surface area contributed by atoms with Crippen molar-refractivity contribution in [2.45, 2.75) is 44.8 Å². The van der Waals surface area contributed by atoms with Crippen LogP contribution in [0.15, 0.2) is 0 Å². The molecule has 1 N–H and O–H groups in total. The predicted octanol–water partition coefficient (Wildman–Crippen LogP) is 1.95. The highest BCUT2D eigenvalue weighted by Crippen LogP contribution is 2.35. The molecule has 4 nitrogen and oxygen atoms in total. The van der Waals surface area contributed by atoms with E-state index >= 15 is 0 Å². The fraction of sp³-hybridized carbons (Fsp3) is 0.909. The summed E-state index contributed by atoms with van der Waals surface area (Å²) >= 11 is 0. The zero-order valence-electron chi connectivity index (χ0n) is 9.78. The van der Waals surface area contributed by atoms with E-state index in [9.17, 15) is 4.79 Å². The summed E-state index contributed by atoms with van der Waals surface area (Å²) in [6.45, 7) is 2.21. The van der Waals surface area contributed by atoms with Gasteiger partial charge in [-0.2, -0.15) is 0 Å². The van der Waals surface area contributed by atoms with E-state index in [2.05, 4.69) is 0 Å². The molecule has 1 aliphatic heterocycles. The summed E-state index contributed by atoms with van der Waals surface area (Å²) in [5.74, 6) is -0.373. The Morgan fingerprint density at radius 1 is 1.25 bits per heavy atom. The lowest BCUT2D eigenvalue weighted by Crippen LogP contribution is -2.48. The molecule has 0 spiro atoms. The molecule has 90 valence electrons. The second-order valence-electron chi connectivity index (χ2n) is 5.25. The first-order valence-corrected chi connectivity index (χ1v) is 6.08. The van der Waals surface area contributed by atoms with Gasteiger partial charge in [-0.15, -0.1) is 0 Å². The van der Waals surface area contributed by atoms with Crippen LogP contribution in [0.1, 0.15) is 39.0 Å². The first kappa shape index (κ1) is 11.9. The van der Waals surface area contributed by atoms with Gasteiger partial charge in [-0.05, 0) is 12.7 Å². The van der Waals surface area contributed by atoms with Crippen LogP contribution in [0.2, 0.25) is 5.82 Å². The summed E-state index contributed by atoms with van der Waals surface area (Å²) in [4.78, 5) is 11.0. The van der Waals surface area contributed by atoms with E-state index < -0.39 is 11.4 Å². The van der Waals surface area contributed by atoms with Crippen molar-refractivity contribution in [2.75, 3.05) is 13.2 Å². The van der Waals surface area contributed by atoms with Gasteiger partial charge >= 0.3 is 13.1 Å². The molecule has 1 saturated heterocycles. The Kier molecular flexibility index (Phi) is 3.55. The van der Waals surface area contributed by atoms with Gasteiger partial charge in [0.25, 0.3) is 0 Å². The van der Waals surface area contributed by atoms with Crippen LogP contribution >= 0.6 is 0 Å². The molecule has 0 atom stereocenters. The van der Waals surface area contributed by atoms with Crippen LogP contribution in [0.4, 0.5) is 0 Å². The first-order chi connectivity index (χ1) is 7.62. The molecular formula is C11H19BO4. The zero-order valence-corrected chi connectivity index (χ0v) is 9.78. The number of carboxylic acid groups (broad SMARTS) is 1. The minimum Gasteiger partial charge on any atom is -0.481 e. The average molecular weight is 226 g/mol. The average Bonchev–Trinajstić information content (AvgIpc) is 2.31. The molecular weight excluding hydrogens is 207 g/mol. The lowest BCUT2D eigenvalue weighted by molar-refractivity contribution is -0.155. The maximum absolute atomic E-state index is 11.0. The van der Waals surface area contributed by atoms with E-state index in [-0.39, 0.29) is 20.3 Å². The Morgan fingerprint density at radius 3 is 2.31 bits per heavy atom. The second kappa shape index (κ2) is 4.76. The maximum Gasteiger partial charge on any atom is 0.460 e. The van der Waals surface area contributed by atoms with Crippen LogP contribution in [-0.4, -0.2) is 31.4 Å². The van der Waals surface area contributed by atoms with Gasteiger partial charge in [-0.3, -0.25) is 4.79 Å². The highest BCUT2D eigenvalue weighted by molar-refractivity contribution is 6.46. The normalized spacial score (nSPS) is 26.7. The number of rotatable bonds is 2. The molecule has 0 unspecified atom stereocenters. The molecule has 0 amide bonds. The van der Waals surface area contributed by atoms with Gasteiger partial charge in [0.05, 0.1) is 0 Å². The van der Waals surface area contributed by atoms with E-state index in [0.717, 1.165) is 12.8 Å². The van der Waals surface area contributed by atoms with Crippen LogP contribution in [0.25, 0.3) is 0 Å². The topological polar surface area (TPSA) is 55.8 Å². The van der Waals surface area contributed by atoms with E-state index in [1.54, 1.807) is 6.92 Å². The van der Waals surface area contributed by atoms with Crippen molar-refractivity contribution >= 4 is 13.1 Å². The van der Waals surface area contributed by atoms with Crippen molar-refractivity contribution in [2.24, 2.45) is 5.41 Å². The van der Waals surface area contributed by atoms with Crippen molar-refractivity contribution in [3.8, 4) is 0 Å². The van der Waals surface area contributed by atoms with Crippen molar-refractivity contribution in [3.05, 3.63) is 0 Å². The highest BCUT2D eigenvalue weighted by atomic mass is 16.6. The van der Waals surface area contributed by atoms with Crippen molar-refractivity contribution in [1.82, 2.24) is 0 Å². The lowest BCUT2D eigenvalue weighted by Gasteiger charge is -2.36. The Labute approximate surface area is 96.5 Å². The Balaban J connectivity index is 1.87. The Hall–Kier alpha value is -0.545. The second-order valence-corrected chi connectivity index (χ2v) is 5.25. The van der Waals surface area contributed by atoms with Crippen molar-refractivity contribution in [3.63, 3.8) is 0 Å². The molecule has 2 rings (SSSR count). The molecule has 1 aliphatic carbocycles. The first-order valence-electron chi connectivity index (χ1n) is 6.08. The Morgan fingerprint density at radius 2 is 1.81 bits per heavy atom. The standard InChI is InChI=1S/C11H19BO4/c1-11(10(13)14)7-15-12(16-8-11)9-5-3-2-4-6-9/h9H,2-8H2,1H3,(H,13,14). The van der Waals surface area contributed by atoms with Gasteiger partial charge < -0.3 is 14.4 Å². The summed E-state index contributed by atoms with van der Waals surface area (Å²) in [6, 6.07) is 0. The summed E-state index contributed by atoms with van der Waals surface area (Å²) in [6.07, 6.45) is 6.08. The molecule has 16 heavy (non-hydrogen) atoms. The molecule has 0 aromatic carbocycles. The number of aliphatic carboxylic acids is 1. The van der Waals surface area contributed by atoms with E-state index in [1.807, 2.05) is 0 Å². The fourth-order valence-electron chi connectivity index (χ4n) is 2.42. The van der Waals surface area contributed by atoms with Crippen molar-refractivity contribution < 1.29 is 19.2 Å². The summed E-state index contributed by atoms with van der Waals surface area (Å²) in [5.41, 5.74) is -0.870. The van der Waals surface area contributed by atoms with Crippen LogP contribution in [-0.2, 0) is 14.1 Å². The predicted molar refractivity (Wildman–Crippen MR) is 60.2 cm³/mol. The molecule has 2 fully saturated rings. The minimum absolute atomic E-state index is 0.173. The highest BCUT2D eigenvalue weighted by Gasteiger charge is 2.44. The molecule has 5 heteroatoms. The Bertz CT molecular complexity index is 255. The third kappa shape index (κ3) is 2.41. The number of hydrogen-bond acceptors (Lipinski definition) is 3. The molecule has 0 radical (unpaired) electrons. The van der Waals surface area contributed by atoms with Gasteiger partial charge in [0.15, 0.2) is 0 Å². The van der Waals surface area contributed by atoms with Gasteiger partial charge in [-0.1, -0.05) is 32.1 Å². The van der Waals surface area contributed by atoms with Gasteiger partial charge in [0, 0.05) is 13.2 Å². The minimum atomic E-state index is -0.870. The molecule has 2 aliphatic rings. The zero-order chi connectivity index (χ0) is 11.6. The van der Waals surface area contributed by atoms with E-state index in [0.29, 0.717) is 5.82 Å². The largest absolute Gasteiger partial charge is 0.481 e. The molecule has 1 saturated carbocycles. The summed E-state index contributed by atoms with van der Waals surface area (Å²) in [7, 11) is -0.173. The molecule has 0 bridgehead atoms. The van der Waals surface area contributed by atoms with Crippen LogP contribution in [0.3, 0.4) is 0 Å².